The Balaban J connectivity index is 2.09. The quantitative estimate of drug-likeness (QED) is 0.731. The van der Waals surface area contributed by atoms with E-state index in [0.29, 0.717) is 24.6 Å². The first-order valence-electron chi connectivity index (χ1n) is 7.90. The summed E-state index contributed by atoms with van der Waals surface area (Å²) in [5.74, 6) is -0.0304. The molecule has 0 bridgehead atoms. The number of ether oxygens (including phenoxy) is 1. The largest absolute Gasteiger partial charge is 0.380 e. The summed E-state index contributed by atoms with van der Waals surface area (Å²) in [6.07, 6.45) is 3.00. The predicted octanol–water partition coefficient (Wildman–Crippen LogP) is 1.98. The van der Waals surface area contributed by atoms with Crippen molar-refractivity contribution in [3.05, 3.63) is 23.0 Å². The van der Waals surface area contributed by atoms with Crippen molar-refractivity contribution in [2.24, 2.45) is 10.9 Å². The Labute approximate surface area is 144 Å². The maximum Gasteiger partial charge on any atom is 0.251 e. The van der Waals surface area contributed by atoms with Gasteiger partial charge in [-0.2, -0.15) is 4.99 Å². The molecule has 1 aliphatic carbocycles. The molecule has 130 valence electrons. The van der Waals surface area contributed by atoms with E-state index < -0.39 is 9.84 Å². The van der Waals surface area contributed by atoms with Gasteiger partial charge in [0.25, 0.3) is 5.91 Å². The smallest absolute Gasteiger partial charge is 0.251 e. The molecule has 1 fully saturated rings. The normalized spacial score (nSPS) is 16.0. The summed E-state index contributed by atoms with van der Waals surface area (Å²) in [6.45, 7) is 3.63. The Morgan fingerprint density at radius 1 is 1.42 bits per heavy atom. The van der Waals surface area contributed by atoms with Crippen molar-refractivity contribution < 1.29 is 17.9 Å². The van der Waals surface area contributed by atoms with Gasteiger partial charge in [0, 0.05) is 25.3 Å². The van der Waals surface area contributed by atoms with Crippen LogP contribution in [-0.2, 0) is 25.9 Å². The fourth-order valence-electron chi connectivity index (χ4n) is 2.40. The summed E-state index contributed by atoms with van der Waals surface area (Å²) in [4.78, 5) is 17.2. The lowest BCUT2D eigenvalue weighted by Gasteiger charge is -2.06. The molecule has 6 nitrogen and oxygen atoms in total. The van der Waals surface area contributed by atoms with Crippen molar-refractivity contribution in [2.45, 2.75) is 31.2 Å². The van der Waals surface area contributed by atoms with Crippen LogP contribution >= 0.6 is 11.3 Å². The van der Waals surface area contributed by atoms with Crippen LogP contribution in [0.25, 0.3) is 10.2 Å². The summed E-state index contributed by atoms with van der Waals surface area (Å²) in [6, 6.07) is 5.01. The first kappa shape index (κ1) is 17.3. The number of hydrogen-bond donors (Lipinski definition) is 0. The zero-order chi connectivity index (χ0) is 17.3. The fourth-order valence-corrected chi connectivity index (χ4v) is 4.22. The zero-order valence-corrected chi connectivity index (χ0v) is 15.3. The first-order valence-corrected chi connectivity index (χ1v) is 10.6. The van der Waals surface area contributed by atoms with Crippen molar-refractivity contribution in [3.63, 3.8) is 0 Å². The molecular formula is C16H20N2O4S2. The van der Waals surface area contributed by atoms with E-state index in [1.807, 2.05) is 11.5 Å². The van der Waals surface area contributed by atoms with Gasteiger partial charge in [-0.1, -0.05) is 11.3 Å². The number of thiazole rings is 1. The number of nitrogens with zero attached hydrogens (tertiary/aromatic N) is 2. The minimum atomic E-state index is -3.27. The van der Waals surface area contributed by atoms with Gasteiger partial charge in [0.05, 0.1) is 21.7 Å². The number of hydrogen-bond acceptors (Lipinski definition) is 5. The van der Waals surface area contributed by atoms with Gasteiger partial charge in [0.1, 0.15) is 0 Å². The van der Waals surface area contributed by atoms with E-state index in [4.69, 9.17) is 4.74 Å². The molecule has 24 heavy (non-hydrogen) atoms. The second-order valence-electron chi connectivity index (χ2n) is 5.86. The van der Waals surface area contributed by atoms with Crippen LogP contribution in [-0.4, -0.2) is 38.4 Å². The summed E-state index contributed by atoms with van der Waals surface area (Å²) >= 11 is 1.34. The molecule has 3 rings (SSSR count). The maximum absolute atomic E-state index is 12.1. The molecule has 0 atom stereocenters. The molecule has 0 spiro atoms. The standard InChI is InChI=1S/C16H20N2O4S2/c1-3-22-9-8-18-13-7-6-12(24(2,20)21)10-14(13)23-16(18)17-15(19)11-4-5-11/h6-7,10-11H,3-5,8-9H2,1-2H3. The second-order valence-corrected chi connectivity index (χ2v) is 8.88. The topological polar surface area (TPSA) is 77.7 Å². The van der Waals surface area contributed by atoms with Crippen LogP contribution < -0.4 is 4.80 Å². The number of fused-ring (bicyclic) bond motifs is 1. The molecule has 1 saturated carbocycles. The maximum atomic E-state index is 12.1. The third-order valence-corrected chi connectivity index (χ3v) is 6.03. The Bertz CT molecular complexity index is 937. The lowest BCUT2D eigenvalue weighted by Crippen LogP contribution is -2.20. The molecule has 1 aromatic heterocycles. The number of sulfone groups is 1. The van der Waals surface area contributed by atoms with Crippen molar-refractivity contribution in [2.75, 3.05) is 19.5 Å². The Kier molecular flexibility index (Phi) is 4.89. The average molecular weight is 368 g/mol. The van der Waals surface area contributed by atoms with E-state index in [1.54, 1.807) is 18.2 Å². The monoisotopic (exact) mass is 368 g/mol. The van der Waals surface area contributed by atoms with Gasteiger partial charge in [0.15, 0.2) is 14.6 Å². The minimum absolute atomic E-state index is 0.0575. The SMILES string of the molecule is CCOCCn1c(=NC(=O)C2CC2)sc2cc(S(C)(=O)=O)ccc21. The van der Waals surface area contributed by atoms with Gasteiger partial charge in [-0.3, -0.25) is 4.79 Å². The molecule has 2 aromatic rings. The number of aromatic nitrogens is 1. The molecule has 8 heteroatoms. The van der Waals surface area contributed by atoms with E-state index >= 15 is 0 Å². The van der Waals surface area contributed by atoms with E-state index in [0.717, 1.165) is 23.1 Å². The second kappa shape index (κ2) is 6.78. The molecule has 1 aliphatic rings. The Morgan fingerprint density at radius 3 is 2.79 bits per heavy atom. The highest BCUT2D eigenvalue weighted by Crippen LogP contribution is 2.30. The van der Waals surface area contributed by atoms with Crippen LogP contribution in [0.4, 0.5) is 0 Å². The molecule has 0 N–H and O–H groups in total. The van der Waals surface area contributed by atoms with Crippen molar-refractivity contribution in [1.29, 1.82) is 0 Å². The third kappa shape index (κ3) is 3.76. The summed E-state index contributed by atoms with van der Waals surface area (Å²) in [5, 5.41) is 0. The number of rotatable bonds is 6. The van der Waals surface area contributed by atoms with Crippen LogP contribution in [0.5, 0.6) is 0 Å². The first-order chi connectivity index (χ1) is 11.4. The number of carbonyl (C=O) groups is 1. The van der Waals surface area contributed by atoms with E-state index in [-0.39, 0.29) is 16.7 Å². The highest BCUT2D eigenvalue weighted by atomic mass is 32.2. The fraction of sp³-hybridized carbons (Fsp3) is 0.500. The minimum Gasteiger partial charge on any atom is -0.380 e. The lowest BCUT2D eigenvalue weighted by atomic mass is 10.3. The molecule has 0 radical (unpaired) electrons. The Morgan fingerprint density at radius 2 is 2.17 bits per heavy atom. The lowest BCUT2D eigenvalue weighted by molar-refractivity contribution is -0.119. The van der Waals surface area contributed by atoms with E-state index in [1.165, 1.54) is 17.6 Å². The molecule has 1 amide bonds. The van der Waals surface area contributed by atoms with Crippen molar-refractivity contribution in [3.8, 4) is 0 Å². The van der Waals surface area contributed by atoms with Crippen LogP contribution in [0.2, 0.25) is 0 Å². The van der Waals surface area contributed by atoms with E-state index in [2.05, 4.69) is 4.99 Å². The van der Waals surface area contributed by atoms with E-state index in [9.17, 15) is 13.2 Å². The van der Waals surface area contributed by atoms with Gasteiger partial charge in [-0.15, -0.1) is 0 Å². The molecule has 1 aromatic carbocycles. The number of carbonyl (C=O) groups excluding carboxylic acids is 1. The summed E-state index contributed by atoms with van der Waals surface area (Å²) in [5.41, 5.74) is 0.870. The predicted molar refractivity (Wildman–Crippen MR) is 92.7 cm³/mol. The average Bonchev–Trinajstić information content (AvgIpc) is 3.31. The zero-order valence-electron chi connectivity index (χ0n) is 13.7. The van der Waals surface area contributed by atoms with Gasteiger partial charge in [-0.25, -0.2) is 8.42 Å². The highest BCUT2D eigenvalue weighted by molar-refractivity contribution is 7.90. The third-order valence-electron chi connectivity index (χ3n) is 3.88. The highest BCUT2D eigenvalue weighted by Gasteiger charge is 2.29. The van der Waals surface area contributed by atoms with Gasteiger partial charge >= 0.3 is 0 Å². The van der Waals surface area contributed by atoms with Gasteiger partial charge < -0.3 is 9.30 Å². The number of amides is 1. The molecule has 0 aliphatic heterocycles. The van der Waals surface area contributed by atoms with Crippen LogP contribution in [0.15, 0.2) is 28.1 Å². The van der Waals surface area contributed by atoms with Crippen LogP contribution in [0, 0.1) is 5.92 Å². The van der Waals surface area contributed by atoms with Crippen LogP contribution in [0.3, 0.4) is 0 Å². The molecular weight excluding hydrogens is 348 g/mol. The summed E-state index contributed by atoms with van der Waals surface area (Å²) in [7, 11) is -3.27. The molecule has 0 saturated heterocycles. The molecule has 1 heterocycles. The van der Waals surface area contributed by atoms with Gasteiger partial charge in [0.2, 0.25) is 0 Å². The van der Waals surface area contributed by atoms with Crippen LogP contribution in [0.1, 0.15) is 19.8 Å². The van der Waals surface area contributed by atoms with Gasteiger partial charge in [-0.05, 0) is 38.0 Å². The number of benzene rings is 1. The van der Waals surface area contributed by atoms with Crippen molar-refractivity contribution in [1.82, 2.24) is 4.57 Å². The Hall–Kier alpha value is -1.51. The molecule has 0 unspecified atom stereocenters. The summed E-state index contributed by atoms with van der Waals surface area (Å²) < 4.78 is 31.7. The van der Waals surface area contributed by atoms with Crippen molar-refractivity contribution >= 4 is 37.3 Å².